The summed E-state index contributed by atoms with van der Waals surface area (Å²) >= 11 is 0. The Kier molecular flexibility index (Phi) is 10.7. The van der Waals surface area contributed by atoms with E-state index in [9.17, 15) is 27.9 Å². The van der Waals surface area contributed by atoms with Crippen molar-refractivity contribution in [2.75, 3.05) is 65.0 Å². The number of piperidine rings is 1. The highest BCUT2D eigenvalue weighted by Gasteiger charge is 2.59. The summed E-state index contributed by atoms with van der Waals surface area (Å²) < 4.78 is 71.1. The Morgan fingerprint density at radius 3 is 2.18 bits per heavy atom. The van der Waals surface area contributed by atoms with Crippen molar-refractivity contribution in [1.82, 2.24) is 9.80 Å². The lowest BCUT2D eigenvalue weighted by atomic mass is 9.75. The topological polar surface area (TPSA) is 82.6 Å². The predicted octanol–water partition coefficient (Wildman–Crippen LogP) is 6.98. The van der Waals surface area contributed by atoms with Gasteiger partial charge in [0, 0.05) is 75.4 Å². The predicted molar refractivity (Wildman–Crippen MR) is 186 cm³/mol. The van der Waals surface area contributed by atoms with Gasteiger partial charge in [-0.25, -0.2) is 4.39 Å². The standard InChI is InChI=1S/C39H51F4N3O5/c1-25-5-10-29(11-6-25)45-20-32(26-7-12-30(51-4)13-8-26)38(40,23-45)36(49)46-21-33(37(2,22-46)24-50-3)31-14-9-28(39(41,42)43)19-34(31)44-17-15-27(16-18-44)35(47)48/h7-9,12-14,19,25,27,29,32-33H,5-6,10-11,15-18,20-24H2,1-4H3,(H,47,48)/t25?,29?,32-,33+,37+,38-/m0/s1. The van der Waals surface area contributed by atoms with Crippen LogP contribution >= 0.6 is 0 Å². The normalized spacial score (nSPS) is 30.9. The van der Waals surface area contributed by atoms with Gasteiger partial charge < -0.3 is 24.4 Å². The fourth-order valence-electron chi connectivity index (χ4n) is 9.23. The number of benzene rings is 2. The summed E-state index contributed by atoms with van der Waals surface area (Å²) in [5.74, 6) is -1.98. The first kappa shape index (κ1) is 37.4. The molecule has 1 N–H and O–H groups in total. The van der Waals surface area contributed by atoms with Crippen molar-refractivity contribution >= 4 is 17.6 Å². The minimum atomic E-state index is -4.58. The number of anilines is 1. The molecular formula is C39H51F4N3O5. The van der Waals surface area contributed by atoms with Crippen LogP contribution in [0.4, 0.5) is 23.2 Å². The van der Waals surface area contributed by atoms with E-state index in [1.807, 2.05) is 24.0 Å². The molecule has 0 bridgehead atoms. The summed E-state index contributed by atoms with van der Waals surface area (Å²) in [6, 6.07) is 11.1. The molecule has 280 valence electrons. The largest absolute Gasteiger partial charge is 0.497 e. The van der Waals surface area contributed by atoms with Gasteiger partial charge in [-0.3, -0.25) is 14.5 Å². The van der Waals surface area contributed by atoms with Crippen molar-refractivity contribution in [3.05, 3.63) is 59.2 Å². The quantitative estimate of drug-likeness (QED) is 0.281. The van der Waals surface area contributed by atoms with Gasteiger partial charge in [-0.1, -0.05) is 32.0 Å². The van der Waals surface area contributed by atoms with E-state index in [1.54, 1.807) is 31.3 Å². The van der Waals surface area contributed by atoms with Crippen LogP contribution in [0.5, 0.6) is 5.75 Å². The number of hydrogen-bond donors (Lipinski definition) is 1. The Morgan fingerprint density at radius 2 is 1.59 bits per heavy atom. The SMILES string of the molecule is COC[C@@]1(C)CN(C(=O)[C@]2(F)CN(C3CCC(C)CC3)C[C@H]2c2ccc(OC)cc2)C[C@@H]1c1ccc(C(F)(F)F)cc1N1CCC(C(=O)O)CC1. The molecule has 2 aromatic carbocycles. The number of halogens is 4. The van der Waals surface area contributed by atoms with Crippen LogP contribution in [-0.2, 0) is 20.5 Å². The lowest BCUT2D eigenvalue weighted by Gasteiger charge is -2.37. The van der Waals surface area contributed by atoms with Crippen LogP contribution in [0.2, 0.25) is 0 Å². The fourth-order valence-corrected chi connectivity index (χ4v) is 9.23. The maximum atomic E-state index is 17.9. The average molecular weight is 718 g/mol. The zero-order chi connectivity index (χ0) is 36.7. The molecule has 0 spiro atoms. The molecule has 0 radical (unpaired) electrons. The Balaban J connectivity index is 1.34. The highest BCUT2D eigenvalue weighted by molar-refractivity contribution is 5.88. The van der Waals surface area contributed by atoms with Crippen LogP contribution in [-0.4, -0.2) is 98.6 Å². The number of likely N-dealkylation sites (tertiary alicyclic amines) is 2. The number of hydrogen-bond acceptors (Lipinski definition) is 6. The molecule has 4 fully saturated rings. The van der Waals surface area contributed by atoms with Gasteiger partial charge in [0.1, 0.15) is 5.75 Å². The van der Waals surface area contributed by atoms with Crippen LogP contribution in [0, 0.1) is 17.3 Å². The van der Waals surface area contributed by atoms with Gasteiger partial charge >= 0.3 is 12.1 Å². The number of amides is 1. The third-order valence-corrected chi connectivity index (χ3v) is 12.3. The highest BCUT2D eigenvalue weighted by atomic mass is 19.4. The first-order valence-corrected chi connectivity index (χ1v) is 18.2. The van der Waals surface area contributed by atoms with Crippen molar-refractivity contribution < 1.29 is 41.7 Å². The second-order valence-electron chi connectivity index (χ2n) is 15.7. The minimum Gasteiger partial charge on any atom is -0.497 e. The summed E-state index contributed by atoms with van der Waals surface area (Å²) in [5, 5.41) is 9.55. The maximum Gasteiger partial charge on any atom is 0.416 e. The molecule has 6 rings (SSSR count). The monoisotopic (exact) mass is 717 g/mol. The van der Waals surface area contributed by atoms with Crippen molar-refractivity contribution in [2.45, 2.75) is 82.1 Å². The molecule has 3 aliphatic heterocycles. The van der Waals surface area contributed by atoms with E-state index in [0.717, 1.165) is 43.4 Å². The van der Waals surface area contributed by atoms with Gasteiger partial charge in [0.2, 0.25) is 5.67 Å². The Labute approximate surface area is 298 Å². The average Bonchev–Trinajstić information content (AvgIpc) is 3.65. The van der Waals surface area contributed by atoms with Crippen LogP contribution in [0.3, 0.4) is 0 Å². The van der Waals surface area contributed by atoms with Crippen molar-refractivity contribution in [3.63, 3.8) is 0 Å². The van der Waals surface area contributed by atoms with Crippen LogP contribution < -0.4 is 9.64 Å². The molecule has 8 nitrogen and oxygen atoms in total. The number of aliphatic carboxylic acids is 1. The third kappa shape index (κ3) is 7.45. The van der Waals surface area contributed by atoms with Crippen molar-refractivity contribution in [2.24, 2.45) is 17.3 Å². The summed E-state index contributed by atoms with van der Waals surface area (Å²) in [6.07, 6.45) is 0.0779. The van der Waals surface area contributed by atoms with E-state index in [0.29, 0.717) is 42.3 Å². The molecule has 3 saturated heterocycles. The van der Waals surface area contributed by atoms with E-state index < -0.39 is 52.5 Å². The lowest BCUT2D eigenvalue weighted by molar-refractivity contribution is -0.144. The zero-order valence-electron chi connectivity index (χ0n) is 30.1. The molecule has 0 aromatic heterocycles. The Bertz CT molecular complexity index is 1560. The molecule has 2 aromatic rings. The van der Waals surface area contributed by atoms with Gasteiger partial charge in [0.05, 0.1) is 25.2 Å². The molecule has 12 heteroatoms. The third-order valence-electron chi connectivity index (χ3n) is 12.3. The van der Waals surface area contributed by atoms with Gasteiger partial charge in [0.15, 0.2) is 0 Å². The van der Waals surface area contributed by atoms with Crippen molar-refractivity contribution in [1.29, 1.82) is 0 Å². The molecule has 51 heavy (non-hydrogen) atoms. The zero-order valence-corrected chi connectivity index (χ0v) is 30.1. The molecule has 0 unspecified atom stereocenters. The van der Waals surface area contributed by atoms with Gasteiger partial charge in [0.25, 0.3) is 5.91 Å². The summed E-state index contributed by atoms with van der Waals surface area (Å²) in [5.41, 5.74) is -2.03. The second kappa shape index (κ2) is 14.6. The Morgan fingerprint density at radius 1 is 0.922 bits per heavy atom. The summed E-state index contributed by atoms with van der Waals surface area (Å²) in [7, 11) is 3.12. The number of methoxy groups -OCH3 is 2. The number of carbonyl (C=O) groups is 2. The molecular weight excluding hydrogens is 666 g/mol. The molecule has 4 aliphatic rings. The summed E-state index contributed by atoms with van der Waals surface area (Å²) in [4.78, 5) is 32.0. The van der Waals surface area contributed by atoms with E-state index in [-0.39, 0.29) is 45.4 Å². The smallest absolute Gasteiger partial charge is 0.416 e. The fraction of sp³-hybridized carbons (Fsp3) is 0.641. The van der Waals surface area contributed by atoms with Crippen LogP contribution in [0.1, 0.15) is 80.9 Å². The van der Waals surface area contributed by atoms with Gasteiger partial charge in [-0.05, 0) is 79.8 Å². The number of carbonyl (C=O) groups excluding carboxylic acids is 1. The number of alkyl halides is 4. The summed E-state index contributed by atoms with van der Waals surface area (Å²) in [6.45, 7) is 5.65. The number of carboxylic acids is 1. The number of nitrogens with zero attached hydrogens (tertiary/aromatic N) is 3. The van der Waals surface area contributed by atoms with E-state index in [1.165, 1.54) is 6.07 Å². The molecule has 1 amide bonds. The van der Waals surface area contributed by atoms with E-state index in [2.05, 4.69) is 11.8 Å². The first-order valence-electron chi connectivity index (χ1n) is 18.2. The van der Waals surface area contributed by atoms with Crippen molar-refractivity contribution in [3.8, 4) is 5.75 Å². The van der Waals surface area contributed by atoms with E-state index in [4.69, 9.17) is 9.47 Å². The molecule has 3 heterocycles. The first-order chi connectivity index (χ1) is 24.2. The number of ether oxygens (including phenoxy) is 2. The molecule has 4 atom stereocenters. The van der Waals surface area contributed by atoms with Crippen LogP contribution in [0.15, 0.2) is 42.5 Å². The lowest BCUT2D eigenvalue weighted by Crippen LogP contribution is -2.51. The molecule has 1 aliphatic carbocycles. The van der Waals surface area contributed by atoms with Gasteiger partial charge in [-0.2, -0.15) is 13.2 Å². The number of carboxylic acid groups (broad SMARTS) is 1. The van der Waals surface area contributed by atoms with Crippen LogP contribution in [0.25, 0.3) is 0 Å². The minimum absolute atomic E-state index is 0.0201. The van der Waals surface area contributed by atoms with E-state index >= 15 is 4.39 Å². The number of rotatable bonds is 9. The second-order valence-corrected chi connectivity index (χ2v) is 15.7. The maximum absolute atomic E-state index is 17.9. The highest BCUT2D eigenvalue weighted by Crippen LogP contribution is 2.50. The van der Waals surface area contributed by atoms with Gasteiger partial charge in [-0.15, -0.1) is 0 Å². The molecule has 1 saturated carbocycles. The Hall–Kier alpha value is -3.38.